The van der Waals surface area contributed by atoms with E-state index in [-0.39, 0.29) is 45.9 Å². The van der Waals surface area contributed by atoms with Gasteiger partial charge in [0.15, 0.2) is 0 Å². The van der Waals surface area contributed by atoms with Crippen LogP contribution in [0.4, 0.5) is 0 Å². The van der Waals surface area contributed by atoms with Crippen LogP contribution in [0.1, 0.15) is 26.2 Å². The topological polar surface area (TPSA) is 97.4 Å². The van der Waals surface area contributed by atoms with Gasteiger partial charge in [-0.15, -0.1) is 12.8 Å². The quantitative estimate of drug-likeness (QED) is 0.161. The van der Waals surface area contributed by atoms with Crippen LogP contribution in [-0.4, -0.2) is 45.0 Å². The highest BCUT2D eigenvalue weighted by molar-refractivity contribution is 7.48. The van der Waals surface area contributed by atoms with Crippen LogP contribution in [0.5, 0.6) is 0 Å². The first kappa shape index (κ1) is 22.2. The zero-order valence-corrected chi connectivity index (χ0v) is 14.4. The van der Waals surface area contributed by atoms with Gasteiger partial charge in [-0.1, -0.05) is 6.92 Å². The highest BCUT2D eigenvalue weighted by atomic mass is 31.2. The molecule has 0 aliphatic heterocycles. The zero-order valence-electron chi connectivity index (χ0n) is 13.5. The van der Waals surface area contributed by atoms with Gasteiger partial charge in [0.25, 0.3) is 0 Å². The second-order valence-electron chi connectivity index (χ2n) is 4.21. The number of esters is 2. The average molecular weight is 360 g/mol. The highest BCUT2D eigenvalue weighted by Crippen LogP contribution is 2.49. The first-order valence-corrected chi connectivity index (χ1v) is 8.74. The van der Waals surface area contributed by atoms with Crippen molar-refractivity contribution in [3.63, 3.8) is 0 Å². The van der Waals surface area contributed by atoms with Crippen LogP contribution >= 0.6 is 7.82 Å². The lowest BCUT2D eigenvalue weighted by atomic mass is 10.5. The van der Waals surface area contributed by atoms with E-state index in [1.54, 1.807) is 11.8 Å². The van der Waals surface area contributed by atoms with Crippen LogP contribution in [0.2, 0.25) is 0 Å². The summed E-state index contributed by atoms with van der Waals surface area (Å²) < 4.78 is 37.0. The maximum Gasteiger partial charge on any atom is 0.474 e. The maximum atomic E-state index is 12.3. The number of ether oxygens (including phenoxy) is 2. The number of rotatable bonds is 13. The van der Waals surface area contributed by atoms with E-state index >= 15 is 0 Å². The third kappa shape index (κ3) is 11.7. The van der Waals surface area contributed by atoms with E-state index < -0.39 is 19.8 Å². The Hall–Kier alpha value is -1.83. The van der Waals surface area contributed by atoms with Crippen molar-refractivity contribution in [1.29, 1.82) is 0 Å². The van der Waals surface area contributed by atoms with Crippen molar-refractivity contribution >= 4 is 19.8 Å². The molecule has 0 N–H and O–H groups in total. The number of phosphoric acid groups is 1. The molecule has 24 heavy (non-hydrogen) atoms. The third-order valence-corrected chi connectivity index (χ3v) is 3.73. The smallest absolute Gasteiger partial charge is 0.456 e. The van der Waals surface area contributed by atoms with E-state index in [9.17, 15) is 14.2 Å². The molecule has 0 aliphatic rings. The van der Waals surface area contributed by atoms with Crippen molar-refractivity contribution in [2.45, 2.75) is 26.2 Å². The summed E-state index contributed by atoms with van der Waals surface area (Å²) in [6, 6.07) is 0. The Labute approximate surface area is 141 Å². The van der Waals surface area contributed by atoms with Gasteiger partial charge in [0.2, 0.25) is 0 Å². The summed E-state index contributed by atoms with van der Waals surface area (Å²) in [6.45, 7) is 2.06. The van der Waals surface area contributed by atoms with Crippen molar-refractivity contribution in [3.8, 4) is 24.7 Å². The van der Waals surface area contributed by atoms with Crippen LogP contribution < -0.4 is 0 Å². The Kier molecular flexibility index (Phi) is 12.6. The molecule has 9 heteroatoms. The molecule has 0 bridgehead atoms. The Balaban J connectivity index is 4.09. The first-order valence-electron chi connectivity index (χ1n) is 7.27. The molecule has 0 unspecified atom stereocenters. The molecule has 0 saturated heterocycles. The molecular weight excluding hydrogens is 339 g/mol. The molecule has 0 aromatic rings. The minimum absolute atomic E-state index is 0.00900. The van der Waals surface area contributed by atoms with Gasteiger partial charge < -0.3 is 9.47 Å². The molecule has 0 atom stereocenters. The van der Waals surface area contributed by atoms with Gasteiger partial charge in [-0.2, -0.15) is 0 Å². The molecule has 0 fully saturated rings. The molecule has 0 amide bonds. The molecule has 134 valence electrons. The zero-order chi connectivity index (χ0) is 18.3. The van der Waals surface area contributed by atoms with Crippen LogP contribution in [0.3, 0.4) is 0 Å². The van der Waals surface area contributed by atoms with Gasteiger partial charge in [0.1, 0.15) is 0 Å². The van der Waals surface area contributed by atoms with Crippen molar-refractivity contribution in [2.75, 3.05) is 33.0 Å². The van der Waals surface area contributed by atoms with Crippen LogP contribution in [0.15, 0.2) is 0 Å². The summed E-state index contributed by atoms with van der Waals surface area (Å²) in [5.74, 6) is 2.04. The summed E-state index contributed by atoms with van der Waals surface area (Å²) >= 11 is 0. The van der Waals surface area contributed by atoms with Gasteiger partial charge in [0.05, 0.1) is 33.0 Å². The van der Waals surface area contributed by atoms with E-state index in [1.807, 2.05) is 6.92 Å². The number of hydrogen-bond donors (Lipinski definition) is 0. The fraction of sp³-hybridized carbons (Fsp3) is 0.600. The van der Waals surface area contributed by atoms with Gasteiger partial charge in [-0.05, 0) is 6.42 Å². The second kappa shape index (κ2) is 13.6. The lowest BCUT2D eigenvalue weighted by Gasteiger charge is -2.17. The largest absolute Gasteiger partial charge is 0.474 e. The summed E-state index contributed by atoms with van der Waals surface area (Å²) in [5, 5.41) is 0. The maximum absolute atomic E-state index is 12.3. The van der Waals surface area contributed by atoms with E-state index in [4.69, 9.17) is 26.4 Å². The van der Waals surface area contributed by atoms with Gasteiger partial charge in [-0.25, -0.2) is 14.2 Å². The molecular formula is C15H21O8P. The Morgan fingerprint density at radius 2 is 1.25 bits per heavy atom. The Morgan fingerprint density at radius 3 is 1.62 bits per heavy atom. The van der Waals surface area contributed by atoms with Crippen molar-refractivity contribution in [2.24, 2.45) is 0 Å². The van der Waals surface area contributed by atoms with Gasteiger partial charge in [0, 0.05) is 24.7 Å². The number of carbonyl (C=O) groups excluding carboxylic acids is 2. The fourth-order valence-corrected chi connectivity index (χ4v) is 2.53. The van der Waals surface area contributed by atoms with Crippen LogP contribution in [-0.2, 0) is 37.2 Å². The minimum atomic E-state index is -3.74. The second-order valence-corrected chi connectivity index (χ2v) is 5.88. The SMILES string of the molecule is C#CC(=O)OCCCOP(=O)(OCCC)OCCCOC(=O)C#C. The number of hydrogen-bond acceptors (Lipinski definition) is 8. The predicted molar refractivity (Wildman–Crippen MR) is 84.6 cm³/mol. The molecule has 0 saturated carbocycles. The molecule has 0 aromatic heterocycles. The predicted octanol–water partition coefficient (Wildman–Crippen LogP) is 1.69. The Bertz CT molecular complexity index is 477. The van der Waals surface area contributed by atoms with Gasteiger partial charge in [-0.3, -0.25) is 13.6 Å². The van der Waals surface area contributed by atoms with Crippen molar-refractivity contribution in [3.05, 3.63) is 0 Å². The number of terminal acetylenes is 2. The summed E-state index contributed by atoms with van der Waals surface area (Å²) in [7, 11) is -3.74. The van der Waals surface area contributed by atoms with E-state index in [0.717, 1.165) is 0 Å². The molecule has 0 aromatic carbocycles. The fourth-order valence-electron chi connectivity index (χ4n) is 1.20. The summed E-state index contributed by atoms with van der Waals surface area (Å²) in [6.07, 6.45) is 10.8. The summed E-state index contributed by atoms with van der Waals surface area (Å²) in [4.78, 5) is 21.5. The average Bonchev–Trinajstić information content (AvgIpc) is 2.59. The van der Waals surface area contributed by atoms with E-state index in [1.165, 1.54) is 0 Å². The monoisotopic (exact) mass is 360 g/mol. The normalized spacial score (nSPS) is 10.5. The molecule has 0 heterocycles. The number of phosphoric ester groups is 1. The first-order chi connectivity index (χ1) is 11.5. The third-order valence-electron chi connectivity index (χ3n) is 2.23. The Morgan fingerprint density at radius 1 is 0.833 bits per heavy atom. The lowest BCUT2D eigenvalue weighted by molar-refractivity contribution is -0.137. The minimum Gasteiger partial charge on any atom is -0.456 e. The van der Waals surface area contributed by atoms with E-state index in [2.05, 4.69) is 9.47 Å². The lowest BCUT2D eigenvalue weighted by Crippen LogP contribution is -2.09. The standard InChI is InChI=1S/C15H21O8P/c1-4-9-21-24(18,22-12-7-10-19-14(16)5-2)23-13-8-11-20-15(17)6-3/h2-3H,4,7-13H2,1H3. The molecule has 0 rings (SSSR count). The molecule has 0 spiro atoms. The molecule has 0 radical (unpaired) electrons. The van der Waals surface area contributed by atoms with Crippen molar-refractivity contribution < 1.29 is 37.2 Å². The highest BCUT2D eigenvalue weighted by Gasteiger charge is 2.26. The molecule has 8 nitrogen and oxygen atoms in total. The van der Waals surface area contributed by atoms with E-state index in [0.29, 0.717) is 6.42 Å². The van der Waals surface area contributed by atoms with Crippen molar-refractivity contribution in [1.82, 2.24) is 0 Å². The van der Waals surface area contributed by atoms with Crippen LogP contribution in [0, 0.1) is 24.7 Å². The number of carbonyl (C=O) groups is 2. The van der Waals surface area contributed by atoms with Gasteiger partial charge >= 0.3 is 19.8 Å². The summed E-state index contributed by atoms with van der Waals surface area (Å²) in [5.41, 5.74) is 0. The van der Waals surface area contributed by atoms with Crippen LogP contribution in [0.25, 0.3) is 0 Å². The molecule has 0 aliphatic carbocycles.